The highest BCUT2D eigenvalue weighted by Crippen LogP contribution is 2.30. The summed E-state index contributed by atoms with van der Waals surface area (Å²) in [5.41, 5.74) is 6.96. The van der Waals surface area contributed by atoms with Gasteiger partial charge in [0.25, 0.3) is 5.91 Å². The third-order valence-electron chi connectivity index (χ3n) is 2.67. The minimum Gasteiger partial charge on any atom is -0.496 e. The molecule has 0 aromatic heterocycles. The van der Waals surface area contributed by atoms with E-state index in [4.69, 9.17) is 33.7 Å². The van der Waals surface area contributed by atoms with Crippen molar-refractivity contribution in [3.63, 3.8) is 0 Å². The number of ether oxygens (including phenoxy) is 1. The first-order chi connectivity index (χ1) is 9.52. The van der Waals surface area contributed by atoms with E-state index in [1.807, 2.05) is 0 Å². The van der Waals surface area contributed by atoms with E-state index in [0.717, 1.165) is 0 Å². The number of benzene rings is 2. The van der Waals surface area contributed by atoms with Crippen molar-refractivity contribution in [3.05, 3.63) is 52.0 Å². The van der Waals surface area contributed by atoms with Crippen LogP contribution in [0.5, 0.6) is 5.75 Å². The fourth-order valence-electron chi connectivity index (χ4n) is 1.69. The molecule has 0 radical (unpaired) electrons. The van der Waals surface area contributed by atoms with Gasteiger partial charge in [-0.15, -0.1) is 0 Å². The van der Waals surface area contributed by atoms with E-state index in [2.05, 4.69) is 5.32 Å². The van der Waals surface area contributed by atoms with Gasteiger partial charge in [-0.2, -0.15) is 0 Å². The second kappa shape index (κ2) is 6.03. The molecule has 2 aromatic rings. The van der Waals surface area contributed by atoms with Gasteiger partial charge in [0, 0.05) is 11.8 Å². The Morgan fingerprint density at radius 2 is 2.00 bits per heavy atom. The van der Waals surface area contributed by atoms with Gasteiger partial charge in [-0.1, -0.05) is 29.3 Å². The zero-order valence-electron chi connectivity index (χ0n) is 10.6. The molecule has 2 aromatic carbocycles. The maximum Gasteiger partial charge on any atom is 0.259 e. The first kappa shape index (κ1) is 14.5. The summed E-state index contributed by atoms with van der Waals surface area (Å²) in [6, 6.07) is 9.79. The van der Waals surface area contributed by atoms with Gasteiger partial charge in [0.1, 0.15) is 5.75 Å². The van der Waals surface area contributed by atoms with Crippen molar-refractivity contribution in [2.75, 3.05) is 18.2 Å². The van der Waals surface area contributed by atoms with Crippen LogP contribution in [0.15, 0.2) is 36.4 Å². The summed E-state index contributed by atoms with van der Waals surface area (Å²) in [6.07, 6.45) is 0. The Kier molecular flexibility index (Phi) is 4.37. The molecule has 0 heterocycles. The number of methoxy groups -OCH3 is 1. The lowest BCUT2D eigenvalue weighted by molar-refractivity contribution is 0.102. The van der Waals surface area contributed by atoms with Crippen molar-refractivity contribution in [1.29, 1.82) is 0 Å². The van der Waals surface area contributed by atoms with Crippen molar-refractivity contribution < 1.29 is 9.53 Å². The fraction of sp³-hybridized carbons (Fsp3) is 0.0714. The van der Waals surface area contributed by atoms with E-state index in [1.165, 1.54) is 7.11 Å². The Labute approximate surface area is 126 Å². The van der Waals surface area contributed by atoms with Crippen LogP contribution in [0.4, 0.5) is 11.4 Å². The molecule has 0 aliphatic carbocycles. The molecule has 0 aliphatic heterocycles. The molecular weight excluding hydrogens is 299 g/mol. The first-order valence-electron chi connectivity index (χ1n) is 5.72. The van der Waals surface area contributed by atoms with Gasteiger partial charge in [-0.3, -0.25) is 4.79 Å². The Balaban J connectivity index is 2.31. The normalized spacial score (nSPS) is 10.2. The van der Waals surface area contributed by atoms with Gasteiger partial charge in [0.2, 0.25) is 0 Å². The molecule has 4 nitrogen and oxygen atoms in total. The molecule has 0 unspecified atom stereocenters. The molecule has 1 amide bonds. The Morgan fingerprint density at radius 1 is 1.25 bits per heavy atom. The lowest BCUT2D eigenvalue weighted by Crippen LogP contribution is -2.13. The Hall–Kier alpha value is -1.91. The van der Waals surface area contributed by atoms with Crippen LogP contribution in [0, 0.1) is 0 Å². The number of carbonyl (C=O) groups is 1. The zero-order valence-corrected chi connectivity index (χ0v) is 12.1. The number of amides is 1. The molecule has 104 valence electrons. The SMILES string of the molecule is COc1cc(N)ccc1C(=O)Nc1cccc(Cl)c1Cl. The lowest BCUT2D eigenvalue weighted by atomic mass is 10.1. The summed E-state index contributed by atoms with van der Waals surface area (Å²) >= 11 is 11.9. The maximum atomic E-state index is 12.2. The predicted molar refractivity (Wildman–Crippen MR) is 81.8 cm³/mol. The van der Waals surface area contributed by atoms with Gasteiger partial charge < -0.3 is 15.8 Å². The largest absolute Gasteiger partial charge is 0.496 e. The van der Waals surface area contributed by atoms with Crippen LogP contribution in [0.25, 0.3) is 0 Å². The molecule has 20 heavy (non-hydrogen) atoms. The summed E-state index contributed by atoms with van der Waals surface area (Å²) < 4.78 is 5.14. The number of hydrogen-bond donors (Lipinski definition) is 2. The van der Waals surface area contributed by atoms with Crippen molar-refractivity contribution in [2.24, 2.45) is 0 Å². The summed E-state index contributed by atoms with van der Waals surface area (Å²) in [6.45, 7) is 0. The number of carbonyl (C=O) groups excluding carboxylic acids is 1. The molecule has 0 aliphatic rings. The highest BCUT2D eigenvalue weighted by Gasteiger charge is 2.14. The first-order valence-corrected chi connectivity index (χ1v) is 6.47. The van der Waals surface area contributed by atoms with Crippen molar-refractivity contribution >= 4 is 40.5 Å². The van der Waals surface area contributed by atoms with E-state index >= 15 is 0 Å². The number of hydrogen-bond acceptors (Lipinski definition) is 3. The molecule has 0 saturated carbocycles. The van der Waals surface area contributed by atoms with Gasteiger partial charge in [0.15, 0.2) is 0 Å². The average Bonchev–Trinajstić information content (AvgIpc) is 2.43. The van der Waals surface area contributed by atoms with E-state index in [9.17, 15) is 4.79 Å². The minimum atomic E-state index is -0.356. The number of nitrogens with one attached hydrogen (secondary N) is 1. The summed E-state index contributed by atoms with van der Waals surface area (Å²) in [7, 11) is 1.47. The second-order valence-corrected chi connectivity index (χ2v) is 4.80. The molecule has 0 fully saturated rings. The van der Waals surface area contributed by atoms with Gasteiger partial charge >= 0.3 is 0 Å². The quantitative estimate of drug-likeness (QED) is 0.847. The van der Waals surface area contributed by atoms with Gasteiger partial charge in [0.05, 0.1) is 28.4 Å². The van der Waals surface area contributed by atoms with Crippen molar-refractivity contribution in [1.82, 2.24) is 0 Å². The third-order valence-corrected chi connectivity index (χ3v) is 3.49. The van der Waals surface area contributed by atoms with E-state index in [-0.39, 0.29) is 10.9 Å². The van der Waals surface area contributed by atoms with E-state index in [0.29, 0.717) is 27.7 Å². The highest BCUT2D eigenvalue weighted by atomic mass is 35.5. The summed E-state index contributed by atoms with van der Waals surface area (Å²) in [5, 5.41) is 3.34. The van der Waals surface area contributed by atoms with Crippen LogP contribution in [-0.4, -0.2) is 13.0 Å². The second-order valence-electron chi connectivity index (χ2n) is 4.02. The van der Waals surface area contributed by atoms with Crippen molar-refractivity contribution in [3.8, 4) is 5.75 Å². The van der Waals surface area contributed by atoms with E-state index in [1.54, 1.807) is 36.4 Å². The number of nitrogens with two attached hydrogens (primary N) is 1. The van der Waals surface area contributed by atoms with E-state index < -0.39 is 0 Å². The van der Waals surface area contributed by atoms with Crippen LogP contribution in [0.1, 0.15) is 10.4 Å². The van der Waals surface area contributed by atoms with Crippen LogP contribution in [0.2, 0.25) is 10.0 Å². The number of anilines is 2. The molecule has 2 rings (SSSR count). The molecule has 3 N–H and O–H groups in total. The topological polar surface area (TPSA) is 64.3 Å². The van der Waals surface area contributed by atoms with Crippen LogP contribution < -0.4 is 15.8 Å². The Morgan fingerprint density at radius 3 is 2.70 bits per heavy atom. The van der Waals surface area contributed by atoms with Gasteiger partial charge in [-0.05, 0) is 24.3 Å². The predicted octanol–water partition coefficient (Wildman–Crippen LogP) is 3.84. The molecule has 0 spiro atoms. The summed E-state index contributed by atoms with van der Waals surface area (Å²) in [4.78, 5) is 12.2. The lowest BCUT2D eigenvalue weighted by Gasteiger charge is -2.11. The standard InChI is InChI=1S/C14H12Cl2N2O2/c1-20-12-7-8(17)5-6-9(12)14(19)18-11-4-2-3-10(15)13(11)16/h2-7H,17H2,1H3,(H,18,19). The van der Waals surface area contributed by atoms with Crippen LogP contribution in [-0.2, 0) is 0 Å². The smallest absolute Gasteiger partial charge is 0.259 e. The zero-order chi connectivity index (χ0) is 14.7. The molecule has 6 heteroatoms. The van der Waals surface area contributed by atoms with Crippen LogP contribution >= 0.6 is 23.2 Å². The number of rotatable bonds is 3. The molecule has 0 bridgehead atoms. The molecular formula is C14H12Cl2N2O2. The van der Waals surface area contributed by atoms with Crippen molar-refractivity contribution in [2.45, 2.75) is 0 Å². The maximum absolute atomic E-state index is 12.2. The number of nitrogen functional groups attached to an aromatic ring is 1. The van der Waals surface area contributed by atoms with Gasteiger partial charge in [-0.25, -0.2) is 0 Å². The monoisotopic (exact) mass is 310 g/mol. The average molecular weight is 311 g/mol. The van der Waals surface area contributed by atoms with Crippen LogP contribution in [0.3, 0.4) is 0 Å². The third kappa shape index (κ3) is 2.98. The fourth-order valence-corrected chi connectivity index (χ4v) is 2.03. The minimum absolute atomic E-state index is 0.289. The Bertz CT molecular complexity index is 660. The summed E-state index contributed by atoms with van der Waals surface area (Å²) in [5.74, 6) is 0.0340. The number of halogens is 2. The molecule has 0 atom stereocenters. The highest BCUT2D eigenvalue weighted by molar-refractivity contribution is 6.44. The molecule has 0 saturated heterocycles.